The second-order valence-electron chi connectivity index (χ2n) is 5.32. The smallest absolute Gasteiger partial charge is 0.337 e. The normalized spacial score (nSPS) is 11.4. The molecule has 0 bridgehead atoms. The molecule has 0 atom stereocenters. The summed E-state index contributed by atoms with van der Waals surface area (Å²) in [5, 5.41) is 13.2. The van der Waals surface area contributed by atoms with Gasteiger partial charge in [-0.15, -0.1) is 11.3 Å². The van der Waals surface area contributed by atoms with Crippen LogP contribution in [0.5, 0.6) is 0 Å². The Bertz CT molecular complexity index is 802. The van der Waals surface area contributed by atoms with Crippen molar-refractivity contribution in [2.24, 2.45) is 0 Å². The highest BCUT2D eigenvalue weighted by molar-refractivity contribution is 7.09. The van der Waals surface area contributed by atoms with E-state index in [1.165, 1.54) is 0 Å². The van der Waals surface area contributed by atoms with Gasteiger partial charge in [-0.1, -0.05) is 32.0 Å². The van der Waals surface area contributed by atoms with Crippen LogP contribution in [0.3, 0.4) is 0 Å². The summed E-state index contributed by atoms with van der Waals surface area (Å²) in [5.74, 6) is -0.481. The van der Waals surface area contributed by atoms with Gasteiger partial charge in [0.2, 0.25) is 0 Å². The number of hydrogen-bond donors (Lipinski definition) is 1. The minimum atomic E-state index is -0.897. The number of nitrogens with zero attached hydrogens (tertiary/aromatic N) is 2. The molecule has 0 unspecified atom stereocenters. The van der Waals surface area contributed by atoms with Gasteiger partial charge in [-0.05, 0) is 6.07 Å². The van der Waals surface area contributed by atoms with Crippen LogP contribution in [-0.4, -0.2) is 20.6 Å². The first kappa shape index (κ1) is 13.8. The first-order valence-corrected chi connectivity index (χ1v) is 7.69. The molecule has 108 valence electrons. The van der Waals surface area contributed by atoms with Gasteiger partial charge < -0.3 is 9.67 Å². The van der Waals surface area contributed by atoms with E-state index in [-0.39, 0.29) is 0 Å². The minimum absolute atomic E-state index is 0.338. The predicted octanol–water partition coefficient (Wildman–Crippen LogP) is 3.97. The standard InChI is InChI=1S/C16H16N2O2S/c1-10(2)15-17-11(9-21-15)7-18-8-13(16(19)20)12-5-3-4-6-14(12)18/h3-6,8-10H,7H2,1-2H3,(H,19,20). The van der Waals surface area contributed by atoms with Crippen molar-refractivity contribution in [3.8, 4) is 0 Å². The first-order chi connectivity index (χ1) is 10.1. The van der Waals surface area contributed by atoms with Crippen molar-refractivity contribution in [1.29, 1.82) is 0 Å². The molecule has 21 heavy (non-hydrogen) atoms. The van der Waals surface area contributed by atoms with Gasteiger partial charge in [-0.25, -0.2) is 9.78 Å². The van der Waals surface area contributed by atoms with Crippen LogP contribution in [0.15, 0.2) is 35.8 Å². The minimum Gasteiger partial charge on any atom is -0.478 e. The van der Waals surface area contributed by atoms with E-state index in [9.17, 15) is 9.90 Å². The number of hydrogen-bond acceptors (Lipinski definition) is 3. The summed E-state index contributed by atoms with van der Waals surface area (Å²) in [6.07, 6.45) is 1.70. The summed E-state index contributed by atoms with van der Waals surface area (Å²) >= 11 is 1.65. The molecule has 4 nitrogen and oxygen atoms in total. The molecule has 3 aromatic rings. The number of carboxylic acid groups (broad SMARTS) is 1. The molecular formula is C16H16N2O2S. The van der Waals surface area contributed by atoms with E-state index in [1.54, 1.807) is 17.5 Å². The van der Waals surface area contributed by atoms with Crippen LogP contribution in [-0.2, 0) is 6.54 Å². The fourth-order valence-corrected chi connectivity index (χ4v) is 3.21. The lowest BCUT2D eigenvalue weighted by Gasteiger charge is -2.02. The quantitative estimate of drug-likeness (QED) is 0.793. The molecule has 0 spiro atoms. The third kappa shape index (κ3) is 2.56. The zero-order valence-electron chi connectivity index (χ0n) is 11.9. The molecule has 0 radical (unpaired) electrons. The second kappa shape index (κ2) is 5.33. The maximum absolute atomic E-state index is 11.3. The second-order valence-corrected chi connectivity index (χ2v) is 6.21. The first-order valence-electron chi connectivity index (χ1n) is 6.81. The van der Waals surface area contributed by atoms with Crippen LogP contribution in [0.2, 0.25) is 0 Å². The average Bonchev–Trinajstić information content (AvgIpc) is 3.05. The van der Waals surface area contributed by atoms with E-state index in [0.717, 1.165) is 21.6 Å². The van der Waals surface area contributed by atoms with Gasteiger partial charge in [-0.3, -0.25) is 0 Å². The van der Waals surface area contributed by atoms with Crippen molar-refractivity contribution >= 4 is 28.2 Å². The lowest BCUT2D eigenvalue weighted by atomic mass is 10.2. The number of aromatic nitrogens is 2. The maximum atomic E-state index is 11.3. The fourth-order valence-electron chi connectivity index (χ4n) is 2.38. The van der Waals surface area contributed by atoms with Crippen LogP contribution in [0, 0.1) is 0 Å². The summed E-state index contributed by atoms with van der Waals surface area (Å²) in [5.41, 5.74) is 2.24. The summed E-state index contributed by atoms with van der Waals surface area (Å²) in [6, 6.07) is 7.57. The van der Waals surface area contributed by atoms with E-state index in [0.29, 0.717) is 18.0 Å². The number of aromatic carboxylic acids is 1. The SMILES string of the molecule is CC(C)c1nc(Cn2cc(C(=O)O)c3ccccc32)cs1. The van der Waals surface area contributed by atoms with Crippen molar-refractivity contribution in [3.63, 3.8) is 0 Å². The number of para-hydroxylation sites is 1. The summed E-state index contributed by atoms with van der Waals surface area (Å²) < 4.78 is 1.96. The zero-order chi connectivity index (χ0) is 15.0. The third-order valence-electron chi connectivity index (χ3n) is 3.41. The Hall–Kier alpha value is -2.14. The lowest BCUT2D eigenvalue weighted by Crippen LogP contribution is -1.99. The largest absolute Gasteiger partial charge is 0.478 e. The third-order valence-corrected chi connectivity index (χ3v) is 4.61. The molecule has 0 fully saturated rings. The van der Waals surface area contributed by atoms with Crippen LogP contribution in [0.25, 0.3) is 10.9 Å². The van der Waals surface area contributed by atoms with Gasteiger partial charge in [0.05, 0.1) is 22.8 Å². The van der Waals surface area contributed by atoms with Gasteiger partial charge in [-0.2, -0.15) is 0 Å². The number of rotatable bonds is 4. The number of benzene rings is 1. The molecule has 0 aliphatic carbocycles. The Morgan fingerprint density at radius 1 is 1.38 bits per heavy atom. The van der Waals surface area contributed by atoms with E-state index in [4.69, 9.17) is 0 Å². The monoisotopic (exact) mass is 300 g/mol. The van der Waals surface area contributed by atoms with Crippen LogP contribution >= 0.6 is 11.3 Å². The highest BCUT2D eigenvalue weighted by Gasteiger charge is 2.14. The molecule has 1 aromatic carbocycles. The van der Waals surface area contributed by atoms with Crippen molar-refractivity contribution < 1.29 is 9.90 Å². The molecule has 0 aliphatic rings. The summed E-state index contributed by atoms with van der Waals surface area (Å²) in [7, 11) is 0. The molecule has 0 saturated heterocycles. The van der Waals surface area contributed by atoms with Gasteiger partial charge in [0.1, 0.15) is 0 Å². The topological polar surface area (TPSA) is 55.1 Å². The molecule has 0 amide bonds. The van der Waals surface area contributed by atoms with Crippen LogP contribution in [0.1, 0.15) is 40.8 Å². The van der Waals surface area contributed by atoms with E-state index in [1.807, 2.05) is 34.2 Å². The lowest BCUT2D eigenvalue weighted by molar-refractivity contribution is 0.0699. The van der Waals surface area contributed by atoms with Gasteiger partial charge in [0.25, 0.3) is 0 Å². The van der Waals surface area contributed by atoms with Gasteiger partial charge in [0.15, 0.2) is 0 Å². The predicted molar refractivity (Wildman–Crippen MR) is 84.2 cm³/mol. The summed E-state index contributed by atoms with van der Waals surface area (Å²) in [6.45, 7) is 4.84. The van der Waals surface area contributed by atoms with E-state index >= 15 is 0 Å². The van der Waals surface area contributed by atoms with Crippen LogP contribution < -0.4 is 0 Å². The van der Waals surface area contributed by atoms with E-state index < -0.39 is 5.97 Å². The highest BCUT2D eigenvalue weighted by Crippen LogP contribution is 2.24. The number of carbonyl (C=O) groups is 1. The Labute approximate surface area is 126 Å². The number of thiazole rings is 1. The maximum Gasteiger partial charge on any atom is 0.337 e. The van der Waals surface area contributed by atoms with Gasteiger partial charge >= 0.3 is 5.97 Å². The Kier molecular flexibility index (Phi) is 3.51. The molecule has 3 rings (SSSR count). The molecule has 0 saturated carbocycles. The summed E-state index contributed by atoms with van der Waals surface area (Å²) in [4.78, 5) is 16.0. The molecule has 5 heteroatoms. The van der Waals surface area contributed by atoms with Crippen molar-refractivity contribution in [2.75, 3.05) is 0 Å². The van der Waals surface area contributed by atoms with Crippen molar-refractivity contribution in [1.82, 2.24) is 9.55 Å². The molecule has 2 aromatic heterocycles. The van der Waals surface area contributed by atoms with Crippen LogP contribution in [0.4, 0.5) is 0 Å². The Morgan fingerprint density at radius 2 is 2.14 bits per heavy atom. The number of fused-ring (bicyclic) bond motifs is 1. The Morgan fingerprint density at radius 3 is 2.81 bits per heavy atom. The van der Waals surface area contributed by atoms with E-state index in [2.05, 4.69) is 18.8 Å². The fraction of sp³-hybridized carbons (Fsp3) is 0.250. The molecule has 0 aliphatic heterocycles. The number of carboxylic acids is 1. The zero-order valence-corrected chi connectivity index (χ0v) is 12.7. The molecular weight excluding hydrogens is 284 g/mol. The molecule has 2 heterocycles. The highest BCUT2D eigenvalue weighted by atomic mass is 32.1. The Balaban J connectivity index is 2.02. The average molecular weight is 300 g/mol. The van der Waals surface area contributed by atoms with Crippen molar-refractivity contribution in [3.05, 3.63) is 52.1 Å². The van der Waals surface area contributed by atoms with Gasteiger partial charge in [0, 0.05) is 28.4 Å². The van der Waals surface area contributed by atoms with Crippen molar-refractivity contribution in [2.45, 2.75) is 26.3 Å². The molecule has 1 N–H and O–H groups in total.